The van der Waals surface area contributed by atoms with Gasteiger partial charge in [-0.05, 0) is 43.0 Å². The molecule has 3 aromatic rings. The Morgan fingerprint density at radius 1 is 1.10 bits per heavy atom. The van der Waals surface area contributed by atoms with Crippen LogP contribution in [0.15, 0.2) is 48.7 Å². The largest absolute Gasteiger partial charge is 0.341 e. The van der Waals surface area contributed by atoms with Crippen LogP contribution in [0.2, 0.25) is 0 Å². The monoisotopic (exact) mass is 405 g/mol. The van der Waals surface area contributed by atoms with Crippen LogP contribution in [0.5, 0.6) is 0 Å². The van der Waals surface area contributed by atoms with E-state index >= 15 is 0 Å². The molecule has 1 aliphatic heterocycles. The minimum Gasteiger partial charge on any atom is -0.341 e. The van der Waals surface area contributed by atoms with Gasteiger partial charge in [-0.1, -0.05) is 25.1 Å². The molecular weight excluding hydrogens is 378 g/mol. The second-order valence-electron chi connectivity index (χ2n) is 8.04. The van der Waals surface area contributed by atoms with Gasteiger partial charge in [-0.3, -0.25) is 14.6 Å². The molecule has 0 radical (unpaired) electrons. The van der Waals surface area contributed by atoms with E-state index in [1.165, 1.54) is 0 Å². The van der Waals surface area contributed by atoms with Crippen LogP contribution in [-0.2, 0) is 17.9 Å². The lowest BCUT2D eigenvalue weighted by Crippen LogP contribution is -2.40. The van der Waals surface area contributed by atoms with Gasteiger partial charge in [-0.15, -0.1) is 0 Å². The molecule has 2 amide bonds. The second kappa shape index (κ2) is 8.65. The lowest BCUT2D eigenvalue weighted by atomic mass is 9.99. The number of pyridine rings is 1. The fourth-order valence-electron chi connectivity index (χ4n) is 3.88. The molecule has 0 N–H and O–H groups in total. The van der Waals surface area contributed by atoms with Gasteiger partial charge >= 0.3 is 0 Å². The van der Waals surface area contributed by atoms with Crippen molar-refractivity contribution < 1.29 is 9.59 Å². The molecule has 0 atom stereocenters. The smallest absolute Gasteiger partial charge is 0.272 e. The molecule has 0 aliphatic carbocycles. The fourth-order valence-corrected chi connectivity index (χ4v) is 3.88. The maximum absolute atomic E-state index is 13.0. The van der Waals surface area contributed by atoms with Crippen LogP contribution < -0.4 is 0 Å². The quantitative estimate of drug-likeness (QED) is 0.654. The van der Waals surface area contributed by atoms with Crippen LogP contribution in [-0.4, -0.2) is 56.3 Å². The third kappa shape index (κ3) is 4.20. The van der Waals surface area contributed by atoms with Crippen LogP contribution in [0.4, 0.5) is 0 Å². The highest BCUT2D eigenvalue weighted by Gasteiger charge is 2.23. The summed E-state index contributed by atoms with van der Waals surface area (Å²) in [5, 5.41) is 0. The molecule has 7 nitrogen and oxygen atoms in total. The number of amides is 2. The Bertz CT molecular complexity index is 1040. The molecule has 1 saturated heterocycles. The topological polar surface area (TPSA) is 71.3 Å². The van der Waals surface area contributed by atoms with E-state index < -0.39 is 0 Å². The number of hydrogen-bond acceptors (Lipinski definition) is 4. The highest BCUT2D eigenvalue weighted by molar-refractivity contribution is 5.92. The number of imidazole rings is 1. The minimum absolute atomic E-state index is 0.102. The Morgan fingerprint density at radius 3 is 2.57 bits per heavy atom. The van der Waals surface area contributed by atoms with Crippen molar-refractivity contribution in [2.75, 3.05) is 20.1 Å². The first-order chi connectivity index (χ1) is 14.5. The molecule has 1 fully saturated rings. The maximum atomic E-state index is 13.0. The number of piperidine rings is 1. The minimum atomic E-state index is -0.175. The van der Waals surface area contributed by atoms with Crippen molar-refractivity contribution in [2.45, 2.75) is 32.9 Å². The van der Waals surface area contributed by atoms with Crippen molar-refractivity contribution in [2.24, 2.45) is 5.92 Å². The van der Waals surface area contributed by atoms with Gasteiger partial charge in [0, 0.05) is 26.3 Å². The molecule has 0 spiro atoms. The molecule has 4 rings (SSSR count). The number of fused-ring (bicyclic) bond motifs is 1. The van der Waals surface area contributed by atoms with Gasteiger partial charge in [0.05, 0.1) is 17.6 Å². The molecule has 30 heavy (non-hydrogen) atoms. The fraction of sp³-hybridized carbons (Fsp3) is 0.391. The molecular formula is C23H27N5O2. The Morgan fingerprint density at radius 2 is 1.83 bits per heavy atom. The number of carbonyl (C=O) groups is 2. The number of likely N-dealkylation sites (tertiary alicyclic amines) is 1. The van der Waals surface area contributed by atoms with Gasteiger partial charge in [-0.25, -0.2) is 4.98 Å². The van der Waals surface area contributed by atoms with Crippen LogP contribution in [0.1, 0.15) is 36.1 Å². The number of para-hydroxylation sites is 2. The summed E-state index contributed by atoms with van der Waals surface area (Å²) in [6, 6.07) is 13.0. The van der Waals surface area contributed by atoms with Crippen molar-refractivity contribution in [3.05, 3.63) is 60.2 Å². The zero-order valence-corrected chi connectivity index (χ0v) is 17.5. The van der Waals surface area contributed by atoms with E-state index in [0.29, 0.717) is 24.0 Å². The predicted octanol–water partition coefficient (Wildman–Crippen LogP) is 2.96. The summed E-state index contributed by atoms with van der Waals surface area (Å²) in [6.45, 7) is 4.38. The van der Waals surface area contributed by atoms with E-state index in [9.17, 15) is 9.59 Å². The number of benzene rings is 1. The first-order valence-corrected chi connectivity index (χ1v) is 10.4. The van der Waals surface area contributed by atoms with Gasteiger partial charge < -0.3 is 14.4 Å². The van der Waals surface area contributed by atoms with Crippen molar-refractivity contribution >= 4 is 22.8 Å². The van der Waals surface area contributed by atoms with Crippen molar-refractivity contribution in [3.63, 3.8) is 0 Å². The second-order valence-corrected chi connectivity index (χ2v) is 8.04. The highest BCUT2D eigenvalue weighted by Crippen LogP contribution is 2.20. The predicted molar refractivity (Wildman–Crippen MR) is 115 cm³/mol. The Kier molecular flexibility index (Phi) is 5.79. The summed E-state index contributed by atoms with van der Waals surface area (Å²) in [7, 11) is 1.73. The van der Waals surface area contributed by atoms with Crippen LogP contribution in [0.25, 0.3) is 11.0 Å². The first kappa shape index (κ1) is 20.1. The first-order valence-electron chi connectivity index (χ1n) is 10.4. The lowest BCUT2D eigenvalue weighted by molar-refractivity contribution is -0.133. The molecule has 0 bridgehead atoms. The third-order valence-corrected chi connectivity index (χ3v) is 5.77. The molecule has 2 aromatic heterocycles. The van der Waals surface area contributed by atoms with Crippen LogP contribution in [0, 0.1) is 5.92 Å². The third-order valence-electron chi connectivity index (χ3n) is 5.77. The normalized spacial score (nSPS) is 14.8. The molecule has 0 unspecified atom stereocenters. The summed E-state index contributed by atoms with van der Waals surface area (Å²) >= 11 is 0. The van der Waals surface area contributed by atoms with E-state index in [1.807, 2.05) is 33.7 Å². The average molecular weight is 406 g/mol. The summed E-state index contributed by atoms with van der Waals surface area (Å²) in [4.78, 5) is 38.1. The van der Waals surface area contributed by atoms with Gasteiger partial charge in [0.2, 0.25) is 5.91 Å². The average Bonchev–Trinajstić information content (AvgIpc) is 3.11. The zero-order valence-electron chi connectivity index (χ0n) is 17.5. The maximum Gasteiger partial charge on any atom is 0.272 e. The van der Waals surface area contributed by atoms with E-state index in [-0.39, 0.29) is 18.4 Å². The van der Waals surface area contributed by atoms with E-state index in [1.54, 1.807) is 36.3 Å². The Balaban J connectivity index is 1.57. The number of carbonyl (C=O) groups excluding carboxylic acids is 2. The lowest BCUT2D eigenvalue weighted by Gasteiger charge is -2.30. The van der Waals surface area contributed by atoms with Crippen LogP contribution in [0.3, 0.4) is 0 Å². The molecule has 0 saturated carbocycles. The summed E-state index contributed by atoms with van der Waals surface area (Å²) < 4.78 is 1.94. The highest BCUT2D eigenvalue weighted by atomic mass is 16.2. The molecule has 7 heteroatoms. The Labute approximate surface area is 176 Å². The van der Waals surface area contributed by atoms with Gasteiger partial charge in [-0.2, -0.15) is 0 Å². The summed E-state index contributed by atoms with van der Waals surface area (Å²) in [5.74, 6) is 1.29. The van der Waals surface area contributed by atoms with E-state index in [0.717, 1.165) is 37.0 Å². The molecule has 156 valence electrons. The van der Waals surface area contributed by atoms with E-state index in [2.05, 4.69) is 11.9 Å². The van der Waals surface area contributed by atoms with Gasteiger partial charge in [0.1, 0.15) is 18.1 Å². The standard InChI is InChI=1S/C23H27N5O2/c1-17-10-13-27(14-11-17)22(29)16-28-20-9-4-3-7-18(20)25-21(28)15-26(2)23(30)19-8-5-6-12-24-19/h3-9,12,17H,10-11,13-16H2,1-2H3. The van der Waals surface area contributed by atoms with Crippen molar-refractivity contribution in [3.8, 4) is 0 Å². The SMILES string of the molecule is CC1CCN(C(=O)Cn2c(CN(C)C(=O)c3ccccn3)nc3ccccc32)CC1. The van der Waals surface area contributed by atoms with Gasteiger partial charge in [0.25, 0.3) is 5.91 Å². The van der Waals surface area contributed by atoms with Gasteiger partial charge in [0.15, 0.2) is 0 Å². The number of nitrogens with zero attached hydrogens (tertiary/aromatic N) is 5. The zero-order chi connectivity index (χ0) is 21.1. The van der Waals surface area contributed by atoms with E-state index in [4.69, 9.17) is 4.98 Å². The number of hydrogen-bond donors (Lipinski definition) is 0. The summed E-state index contributed by atoms with van der Waals surface area (Å²) in [5.41, 5.74) is 2.12. The van der Waals surface area contributed by atoms with Crippen LogP contribution >= 0.6 is 0 Å². The van der Waals surface area contributed by atoms with Crippen molar-refractivity contribution in [1.82, 2.24) is 24.3 Å². The van der Waals surface area contributed by atoms with Crippen molar-refractivity contribution in [1.29, 1.82) is 0 Å². The number of aromatic nitrogens is 3. The summed E-state index contributed by atoms with van der Waals surface area (Å²) in [6.07, 6.45) is 3.70. The molecule has 1 aliphatic rings. The molecule has 1 aromatic carbocycles. The Hall–Kier alpha value is -3.22. The number of rotatable bonds is 5. The molecule has 3 heterocycles.